The van der Waals surface area contributed by atoms with Crippen LogP contribution < -0.4 is 10.1 Å². The number of nitrogens with zero attached hydrogens (tertiary/aromatic N) is 1. The zero-order valence-electron chi connectivity index (χ0n) is 11.2. The van der Waals surface area contributed by atoms with E-state index in [1.165, 1.54) is 0 Å². The quantitative estimate of drug-likeness (QED) is 0.707. The summed E-state index contributed by atoms with van der Waals surface area (Å²) in [7, 11) is 1.63. The molecule has 3 nitrogen and oxygen atoms in total. The van der Waals surface area contributed by atoms with Gasteiger partial charge in [-0.1, -0.05) is 29.3 Å². The first-order valence-electron chi connectivity index (χ1n) is 6.27. The zero-order valence-corrected chi connectivity index (χ0v) is 13.5. The molecule has 3 aromatic rings. The molecule has 1 N–H and O–H groups in total. The van der Waals surface area contributed by atoms with Crippen LogP contribution in [0, 0.1) is 0 Å². The van der Waals surface area contributed by atoms with Crippen LogP contribution in [-0.2, 0) is 6.54 Å². The number of nitrogens with one attached hydrogen (secondary N) is 1. The molecule has 0 fully saturated rings. The normalized spacial score (nSPS) is 10.8. The summed E-state index contributed by atoms with van der Waals surface area (Å²) in [5.41, 5.74) is 4.39. The second-order valence-electron chi connectivity index (χ2n) is 4.40. The average molecular weight is 339 g/mol. The third kappa shape index (κ3) is 2.79. The number of hydrogen-bond acceptors (Lipinski definition) is 4. The van der Waals surface area contributed by atoms with Crippen LogP contribution in [0.1, 0.15) is 5.56 Å². The van der Waals surface area contributed by atoms with Gasteiger partial charge in [-0.25, -0.2) is 4.98 Å². The minimum absolute atomic E-state index is 0.513. The molecule has 0 unspecified atom stereocenters. The molecule has 0 spiro atoms. The smallest absolute Gasteiger partial charge is 0.125 e. The lowest BCUT2D eigenvalue weighted by Crippen LogP contribution is -2.03. The van der Waals surface area contributed by atoms with E-state index in [4.69, 9.17) is 27.9 Å². The highest BCUT2D eigenvalue weighted by atomic mass is 35.5. The molecule has 0 bridgehead atoms. The number of ether oxygens (including phenoxy) is 1. The van der Waals surface area contributed by atoms with Gasteiger partial charge in [0.1, 0.15) is 11.3 Å². The monoisotopic (exact) mass is 338 g/mol. The number of benzene rings is 2. The van der Waals surface area contributed by atoms with Crippen molar-refractivity contribution in [3.8, 4) is 5.75 Å². The predicted octanol–water partition coefficient (Wildman–Crippen LogP) is 5.22. The van der Waals surface area contributed by atoms with Gasteiger partial charge >= 0.3 is 0 Å². The Bertz CT molecular complexity index is 788. The van der Waals surface area contributed by atoms with Gasteiger partial charge in [-0.2, -0.15) is 0 Å². The van der Waals surface area contributed by atoms with Gasteiger partial charge in [-0.05, 0) is 24.3 Å². The van der Waals surface area contributed by atoms with Gasteiger partial charge in [-0.15, -0.1) is 11.3 Å². The summed E-state index contributed by atoms with van der Waals surface area (Å²) in [4.78, 5) is 4.36. The van der Waals surface area contributed by atoms with E-state index in [1.54, 1.807) is 18.4 Å². The molecule has 2 aromatic carbocycles. The van der Waals surface area contributed by atoms with Crippen molar-refractivity contribution in [1.29, 1.82) is 0 Å². The number of fused-ring (bicyclic) bond motifs is 1. The summed E-state index contributed by atoms with van der Waals surface area (Å²) in [5.74, 6) is 0.747. The number of hydrogen-bond donors (Lipinski definition) is 1. The first-order chi connectivity index (χ1) is 10.2. The van der Waals surface area contributed by atoms with Crippen LogP contribution in [-0.4, -0.2) is 12.1 Å². The molecule has 3 rings (SSSR count). The Morgan fingerprint density at radius 2 is 2.05 bits per heavy atom. The van der Waals surface area contributed by atoms with Gasteiger partial charge < -0.3 is 10.1 Å². The maximum absolute atomic E-state index is 6.28. The summed E-state index contributed by atoms with van der Waals surface area (Å²) in [6.07, 6.45) is 0. The fraction of sp³-hybridized carbons (Fsp3) is 0.133. The van der Waals surface area contributed by atoms with Gasteiger partial charge in [0.2, 0.25) is 0 Å². The first kappa shape index (κ1) is 14.4. The van der Waals surface area contributed by atoms with E-state index in [9.17, 15) is 0 Å². The molecule has 108 valence electrons. The lowest BCUT2D eigenvalue weighted by atomic mass is 10.2. The van der Waals surface area contributed by atoms with Crippen molar-refractivity contribution in [2.75, 3.05) is 12.4 Å². The van der Waals surface area contributed by atoms with Gasteiger partial charge in [0.25, 0.3) is 0 Å². The topological polar surface area (TPSA) is 34.1 Å². The minimum atomic E-state index is 0.513. The van der Waals surface area contributed by atoms with Crippen LogP contribution in [0.2, 0.25) is 10.0 Å². The zero-order chi connectivity index (χ0) is 14.8. The van der Waals surface area contributed by atoms with E-state index in [0.717, 1.165) is 27.2 Å². The van der Waals surface area contributed by atoms with Gasteiger partial charge in [0, 0.05) is 17.1 Å². The van der Waals surface area contributed by atoms with Crippen LogP contribution in [0.15, 0.2) is 35.8 Å². The fourth-order valence-electron chi connectivity index (χ4n) is 2.15. The molecule has 1 aromatic heterocycles. The molecule has 1 heterocycles. The van der Waals surface area contributed by atoms with Crippen molar-refractivity contribution in [2.45, 2.75) is 6.54 Å². The standard InChI is InChI=1S/C15H12Cl2N2OS/c1-20-12-4-2-3-10(16)9(12)7-18-14-11(17)5-6-13-15(14)19-8-21-13/h2-6,8,18H,7H2,1H3. The Labute approximate surface area is 136 Å². The van der Waals surface area contributed by atoms with Gasteiger partial charge in [-0.3, -0.25) is 0 Å². The van der Waals surface area contributed by atoms with E-state index in [1.807, 2.05) is 35.8 Å². The third-order valence-electron chi connectivity index (χ3n) is 3.19. The highest BCUT2D eigenvalue weighted by Gasteiger charge is 2.11. The molecule has 0 radical (unpaired) electrons. The molecular formula is C15H12Cl2N2OS. The second kappa shape index (κ2) is 6.10. The largest absolute Gasteiger partial charge is 0.496 e. The van der Waals surface area contributed by atoms with Crippen LogP contribution in [0.5, 0.6) is 5.75 Å². The van der Waals surface area contributed by atoms with Crippen molar-refractivity contribution < 1.29 is 4.74 Å². The van der Waals surface area contributed by atoms with Crippen LogP contribution in [0.25, 0.3) is 10.2 Å². The average Bonchev–Trinajstić information content (AvgIpc) is 2.96. The molecule has 0 saturated carbocycles. The van der Waals surface area contributed by atoms with E-state index >= 15 is 0 Å². The Hall–Kier alpha value is -1.49. The minimum Gasteiger partial charge on any atom is -0.496 e. The lowest BCUT2D eigenvalue weighted by molar-refractivity contribution is 0.410. The maximum Gasteiger partial charge on any atom is 0.125 e. The molecular weight excluding hydrogens is 327 g/mol. The highest BCUT2D eigenvalue weighted by molar-refractivity contribution is 7.16. The summed E-state index contributed by atoms with van der Waals surface area (Å²) < 4.78 is 6.44. The molecule has 0 aliphatic heterocycles. The molecule has 21 heavy (non-hydrogen) atoms. The van der Waals surface area contributed by atoms with Crippen molar-refractivity contribution in [3.05, 3.63) is 51.5 Å². The van der Waals surface area contributed by atoms with Gasteiger partial charge in [0.15, 0.2) is 0 Å². The fourth-order valence-corrected chi connectivity index (χ4v) is 3.29. The predicted molar refractivity (Wildman–Crippen MR) is 90.0 cm³/mol. The van der Waals surface area contributed by atoms with Crippen molar-refractivity contribution >= 4 is 50.4 Å². The third-order valence-corrected chi connectivity index (χ3v) is 4.65. The molecule has 0 aliphatic rings. The lowest BCUT2D eigenvalue weighted by Gasteiger charge is -2.13. The van der Waals surface area contributed by atoms with Crippen LogP contribution >= 0.6 is 34.5 Å². The Kier molecular flexibility index (Phi) is 4.19. The Morgan fingerprint density at radius 1 is 1.19 bits per heavy atom. The highest BCUT2D eigenvalue weighted by Crippen LogP contribution is 2.34. The van der Waals surface area contributed by atoms with Crippen LogP contribution in [0.4, 0.5) is 5.69 Å². The van der Waals surface area contributed by atoms with Gasteiger partial charge in [0.05, 0.1) is 28.0 Å². The molecule has 0 atom stereocenters. The number of rotatable bonds is 4. The first-order valence-corrected chi connectivity index (χ1v) is 7.91. The van der Waals surface area contributed by atoms with E-state index in [0.29, 0.717) is 16.6 Å². The summed E-state index contributed by atoms with van der Waals surface area (Å²) in [5, 5.41) is 4.62. The molecule has 0 amide bonds. The number of thiazole rings is 1. The van der Waals surface area contributed by atoms with Crippen molar-refractivity contribution in [3.63, 3.8) is 0 Å². The Balaban J connectivity index is 1.94. The van der Waals surface area contributed by atoms with Crippen molar-refractivity contribution in [2.24, 2.45) is 0 Å². The summed E-state index contributed by atoms with van der Waals surface area (Å²) in [6.45, 7) is 0.513. The molecule has 6 heteroatoms. The van der Waals surface area contributed by atoms with E-state index in [2.05, 4.69) is 10.3 Å². The van der Waals surface area contributed by atoms with Crippen molar-refractivity contribution in [1.82, 2.24) is 4.98 Å². The number of methoxy groups -OCH3 is 1. The summed E-state index contributed by atoms with van der Waals surface area (Å²) in [6, 6.07) is 9.42. The number of anilines is 1. The molecule has 0 aliphatic carbocycles. The second-order valence-corrected chi connectivity index (χ2v) is 6.10. The SMILES string of the molecule is COc1cccc(Cl)c1CNc1c(Cl)ccc2scnc12. The maximum atomic E-state index is 6.28. The number of halogens is 2. The Morgan fingerprint density at radius 3 is 2.86 bits per heavy atom. The van der Waals surface area contributed by atoms with E-state index < -0.39 is 0 Å². The molecule has 0 saturated heterocycles. The summed E-state index contributed by atoms with van der Waals surface area (Å²) >= 11 is 14.1. The van der Waals surface area contributed by atoms with E-state index in [-0.39, 0.29) is 0 Å². The van der Waals surface area contributed by atoms with Crippen LogP contribution in [0.3, 0.4) is 0 Å². The number of aromatic nitrogens is 1.